The first-order valence-corrected chi connectivity index (χ1v) is 9.81. The second-order valence-electron chi connectivity index (χ2n) is 5.69. The third-order valence-electron chi connectivity index (χ3n) is 4.04. The number of hydrogen-bond donors (Lipinski definition) is 4. The van der Waals surface area contributed by atoms with Crippen molar-refractivity contribution in [2.45, 2.75) is 9.79 Å². The second-order valence-corrected chi connectivity index (χ2v) is 8.39. The largest absolute Gasteiger partial charge is 0.744 e. The van der Waals surface area contributed by atoms with Crippen molar-refractivity contribution in [1.82, 2.24) is 0 Å². The molecule has 0 spiro atoms. The van der Waals surface area contributed by atoms with E-state index in [2.05, 4.69) is 0 Å². The van der Waals surface area contributed by atoms with Gasteiger partial charge in [-0.3, -0.25) is 9.59 Å². The van der Waals surface area contributed by atoms with Crippen LogP contribution in [0.2, 0.25) is 0 Å². The van der Waals surface area contributed by atoms with Crippen LogP contribution in [0.1, 0.15) is 31.8 Å². The molecule has 0 atom stereocenters. The van der Waals surface area contributed by atoms with Crippen LogP contribution >= 0.6 is 0 Å². The summed E-state index contributed by atoms with van der Waals surface area (Å²) in [6.45, 7) is 0. The van der Waals surface area contributed by atoms with E-state index in [1.807, 2.05) is 0 Å². The highest BCUT2D eigenvalue weighted by Crippen LogP contribution is 2.45. The highest BCUT2D eigenvalue weighted by atomic mass is 32.2. The predicted octanol–water partition coefficient (Wildman–Crippen LogP) is -1.15. The summed E-state index contributed by atoms with van der Waals surface area (Å²) in [5, 5.41) is 20.2. The van der Waals surface area contributed by atoms with Gasteiger partial charge in [0.2, 0.25) is 11.6 Å². The van der Waals surface area contributed by atoms with Crippen molar-refractivity contribution < 1.29 is 45.7 Å². The molecule has 0 bridgehead atoms. The molecule has 6 N–H and O–H groups in total. The Morgan fingerprint density at radius 3 is 1.21 bits per heavy atom. The van der Waals surface area contributed by atoms with Crippen LogP contribution in [0, 0.1) is 0 Å². The van der Waals surface area contributed by atoms with Crippen LogP contribution in [0.4, 0.5) is 11.4 Å². The number of fused-ring (bicyclic) bond motifs is 2. The molecule has 0 saturated carbocycles. The fraction of sp³-hybridized carbons (Fsp3) is 0. The van der Waals surface area contributed by atoms with E-state index in [1.54, 1.807) is 0 Å². The van der Waals surface area contributed by atoms with Crippen LogP contribution < -0.4 is 11.5 Å². The Morgan fingerprint density at radius 1 is 0.679 bits per heavy atom. The molecule has 0 aromatic heterocycles. The molecule has 0 radical (unpaired) electrons. The van der Waals surface area contributed by atoms with Gasteiger partial charge in [0.15, 0.2) is 0 Å². The van der Waals surface area contributed by atoms with Crippen molar-refractivity contribution in [2.75, 3.05) is 11.5 Å². The minimum absolute atomic E-state index is 0.432. The quantitative estimate of drug-likeness (QED) is 0.215. The van der Waals surface area contributed by atoms with Crippen molar-refractivity contribution in [3.63, 3.8) is 0 Å². The number of phenolic OH excluding ortho intramolecular Hbond substituents is 2. The minimum Gasteiger partial charge on any atom is -0.744 e. The summed E-state index contributed by atoms with van der Waals surface area (Å²) in [7, 11) is -10.6. The maximum atomic E-state index is 12.8. The third-order valence-corrected chi connectivity index (χ3v) is 5.74. The van der Waals surface area contributed by atoms with E-state index in [0.717, 1.165) is 0 Å². The van der Waals surface area contributed by atoms with E-state index >= 15 is 0 Å². The first kappa shape index (κ1) is 19.6. The van der Waals surface area contributed by atoms with Gasteiger partial charge in [0, 0.05) is 11.4 Å². The Balaban J connectivity index is 2.50. The molecule has 28 heavy (non-hydrogen) atoms. The number of aromatic hydroxyl groups is 2. The van der Waals surface area contributed by atoms with Gasteiger partial charge in [0.25, 0.3) is 0 Å². The molecular formula is C14H8N2O10S2-2. The Morgan fingerprint density at radius 2 is 0.964 bits per heavy atom. The smallest absolute Gasteiger partial charge is 0.200 e. The molecule has 0 heterocycles. The standard InChI is InChI=1S/C14H10N2O10S2/c15-3-1-5(27(21,22)23)11(17)9-7(3)13(19)10-8(14(9)20)4(16)2-6(12(10)18)28(24,25)26/h1-2,17-18H,15-16H2,(H,21,22,23)(H,24,25,26)/p-2. The topological polar surface area (TPSA) is 241 Å². The van der Waals surface area contributed by atoms with Gasteiger partial charge in [-0.1, -0.05) is 0 Å². The molecule has 3 rings (SSSR count). The summed E-state index contributed by atoms with van der Waals surface area (Å²) in [5.74, 6) is -5.35. The van der Waals surface area contributed by atoms with Crippen molar-refractivity contribution in [2.24, 2.45) is 0 Å². The van der Waals surface area contributed by atoms with Gasteiger partial charge in [0.05, 0.1) is 32.0 Å². The van der Waals surface area contributed by atoms with E-state index in [-0.39, 0.29) is 0 Å². The molecular weight excluding hydrogens is 420 g/mol. The number of ketones is 2. The molecule has 1 aliphatic carbocycles. The van der Waals surface area contributed by atoms with Crippen molar-refractivity contribution in [3.05, 3.63) is 34.4 Å². The lowest BCUT2D eigenvalue weighted by Gasteiger charge is -2.25. The zero-order valence-corrected chi connectivity index (χ0v) is 14.9. The molecule has 12 nitrogen and oxygen atoms in total. The Labute approximate surface area is 156 Å². The number of rotatable bonds is 2. The molecule has 148 valence electrons. The molecule has 0 amide bonds. The van der Waals surface area contributed by atoms with Gasteiger partial charge in [-0.25, -0.2) is 16.8 Å². The number of nitrogen functional groups attached to an aromatic ring is 2. The van der Waals surface area contributed by atoms with Crippen LogP contribution in [0.5, 0.6) is 11.5 Å². The van der Waals surface area contributed by atoms with Crippen LogP contribution in [0.15, 0.2) is 21.9 Å². The number of carbonyl (C=O) groups is 2. The summed E-state index contributed by atoms with van der Waals surface area (Å²) in [6, 6.07) is 0.864. The van der Waals surface area contributed by atoms with E-state index in [0.29, 0.717) is 12.1 Å². The summed E-state index contributed by atoms with van der Waals surface area (Å²) >= 11 is 0. The first-order valence-electron chi connectivity index (χ1n) is 7.00. The monoisotopic (exact) mass is 428 g/mol. The van der Waals surface area contributed by atoms with Gasteiger partial charge in [-0.05, 0) is 12.1 Å². The fourth-order valence-corrected chi connectivity index (χ4v) is 4.12. The second kappa shape index (κ2) is 5.65. The van der Waals surface area contributed by atoms with E-state index in [9.17, 15) is 45.7 Å². The van der Waals surface area contributed by atoms with Gasteiger partial charge < -0.3 is 30.8 Å². The molecule has 1 aliphatic rings. The Hall–Kier alpha value is -3.20. The van der Waals surface area contributed by atoms with E-state index in [4.69, 9.17) is 11.5 Å². The van der Waals surface area contributed by atoms with E-state index < -0.39 is 86.7 Å². The average molecular weight is 428 g/mol. The first-order chi connectivity index (χ1) is 12.7. The lowest BCUT2D eigenvalue weighted by Crippen LogP contribution is -2.25. The van der Waals surface area contributed by atoms with Crippen molar-refractivity contribution in [1.29, 1.82) is 0 Å². The highest BCUT2D eigenvalue weighted by Gasteiger charge is 2.40. The lowest BCUT2D eigenvalue weighted by molar-refractivity contribution is 0.0974. The SMILES string of the molecule is Nc1cc(S(=O)(=O)[O-])c(O)c2c1C(=O)c1c(O)c(S(=O)(=O)[O-])cc(N)c1C2=O. The number of phenols is 2. The number of benzene rings is 2. The summed E-state index contributed by atoms with van der Waals surface area (Å²) < 4.78 is 67.6. The number of anilines is 2. The molecule has 2 aromatic rings. The van der Waals surface area contributed by atoms with Crippen LogP contribution in [-0.4, -0.2) is 47.7 Å². The van der Waals surface area contributed by atoms with Gasteiger partial charge in [-0.2, -0.15) is 0 Å². The fourth-order valence-electron chi connectivity index (χ4n) is 2.90. The van der Waals surface area contributed by atoms with Gasteiger partial charge in [0.1, 0.15) is 31.7 Å². The van der Waals surface area contributed by atoms with Crippen molar-refractivity contribution >= 4 is 43.2 Å². The molecule has 0 fully saturated rings. The summed E-state index contributed by atoms with van der Waals surface area (Å²) in [4.78, 5) is 23.0. The maximum absolute atomic E-state index is 12.8. The molecule has 14 heteroatoms. The summed E-state index contributed by atoms with van der Waals surface area (Å²) in [6.07, 6.45) is 0. The lowest BCUT2D eigenvalue weighted by atomic mass is 9.81. The van der Waals surface area contributed by atoms with Crippen LogP contribution in [0.25, 0.3) is 0 Å². The molecule has 0 aliphatic heterocycles. The number of carbonyl (C=O) groups excluding carboxylic acids is 2. The van der Waals surface area contributed by atoms with Crippen LogP contribution in [0.3, 0.4) is 0 Å². The maximum Gasteiger partial charge on any atom is 0.200 e. The Kier molecular flexibility index (Phi) is 3.95. The Bertz CT molecular complexity index is 1220. The molecule has 2 aromatic carbocycles. The summed E-state index contributed by atoms with van der Waals surface area (Å²) in [5.41, 5.74) is 6.14. The van der Waals surface area contributed by atoms with Crippen molar-refractivity contribution in [3.8, 4) is 11.5 Å². The third kappa shape index (κ3) is 2.58. The highest BCUT2D eigenvalue weighted by molar-refractivity contribution is 7.86. The number of nitrogens with two attached hydrogens (primary N) is 2. The predicted molar refractivity (Wildman–Crippen MR) is 87.8 cm³/mol. The zero-order chi connectivity index (χ0) is 21.3. The normalized spacial score (nSPS) is 13.9. The average Bonchev–Trinajstić information content (AvgIpc) is 2.53. The minimum atomic E-state index is -5.30. The molecule has 0 unspecified atom stereocenters. The zero-order valence-electron chi connectivity index (χ0n) is 13.3. The number of hydrogen-bond acceptors (Lipinski definition) is 12. The van der Waals surface area contributed by atoms with E-state index in [1.165, 1.54) is 0 Å². The van der Waals surface area contributed by atoms with Gasteiger partial charge >= 0.3 is 0 Å². The molecule has 0 saturated heterocycles. The van der Waals surface area contributed by atoms with Gasteiger partial charge in [-0.15, -0.1) is 0 Å². The van der Waals surface area contributed by atoms with Crippen LogP contribution in [-0.2, 0) is 20.2 Å².